The van der Waals surface area contributed by atoms with Gasteiger partial charge in [-0.25, -0.2) is 5.43 Å². The van der Waals surface area contributed by atoms with Gasteiger partial charge < -0.3 is 14.8 Å². The lowest BCUT2D eigenvalue weighted by molar-refractivity contribution is -0.136. The van der Waals surface area contributed by atoms with Crippen molar-refractivity contribution in [3.8, 4) is 11.5 Å². The molecule has 0 unspecified atom stereocenters. The minimum Gasteiger partial charge on any atom is -0.497 e. The highest BCUT2D eigenvalue weighted by Crippen LogP contribution is 2.28. The molecule has 2 aromatic rings. The Morgan fingerprint density at radius 2 is 1.73 bits per heavy atom. The van der Waals surface area contributed by atoms with Crippen LogP contribution in [0.3, 0.4) is 0 Å². The van der Waals surface area contributed by atoms with Crippen molar-refractivity contribution in [1.29, 1.82) is 0 Å². The number of methoxy groups -OCH3 is 2. The Balaban J connectivity index is 2.02. The zero-order valence-corrected chi connectivity index (χ0v) is 15.4. The van der Waals surface area contributed by atoms with Crippen molar-refractivity contribution >= 4 is 46.9 Å². The van der Waals surface area contributed by atoms with Crippen molar-refractivity contribution in [3.05, 3.63) is 52.0 Å². The fraction of sp³-hybridized carbons (Fsp3) is 0.118. The summed E-state index contributed by atoms with van der Waals surface area (Å²) in [4.78, 5) is 23.8. The van der Waals surface area contributed by atoms with E-state index in [1.54, 1.807) is 36.4 Å². The van der Waals surface area contributed by atoms with Gasteiger partial charge in [0.05, 0.1) is 36.2 Å². The van der Waals surface area contributed by atoms with Crippen molar-refractivity contribution < 1.29 is 19.1 Å². The van der Waals surface area contributed by atoms with Gasteiger partial charge >= 0.3 is 11.8 Å². The number of carbonyl (C=O) groups excluding carboxylic acids is 2. The molecule has 0 aliphatic carbocycles. The monoisotopic (exact) mass is 395 g/mol. The maximum atomic E-state index is 12.0. The van der Waals surface area contributed by atoms with Crippen LogP contribution < -0.4 is 20.2 Å². The maximum absolute atomic E-state index is 12.0. The molecule has 0 spiro atoms. The molecule has 0 aliphatic heterocycles. The number of ether oxygens (including phenoxy) is 2. The van der Waals surface area contributed by atoms with E-state index in [2.05, 4.69) is 15.8 Å². The van der Waals surface area contributed by atoms with Crippen molar-refractivity contribution in [3.63, 3.8) is 0 Å². The van der Waals surface area contributed by atoms with Gasteiger partial charge in [-0.05, 0) is 24.3 Å². The van der Waals surface area contributed by atoms with Gasteiger partial charge in [0.1, 0.15) is 11.5 Å². The van der Waals surface area contributed by atoms with E-state index in [1.165, 1.54) is 20.4 Å². The number of amides is 2. The number of hydrogen-bond donors (Lipinski definition) is 2. The number of rotatable bonds is 5. The van der Waals surface area contributed by atoms with Crippen LogP contribution in [0.15, 0.2) is 41.5 Å². The Morgan fingerprint density at radius 1 is 1.04 bits per heavy atom. The third-order valence-electron chi connectivity index (χ3n) is 3.22. The Morgan fingerprint density at radius 3 is 2.35 bits per heavy atom. The summed E-state index contributed by atoms with van der Waals surface area (Å²) in [5, 5.41) is 6.84. The summed E-state index contributed by atoms with van der Waals surface area (Å²) < 4.78 is 10.2. The molecule has 0 aliphatic rings. The maximum Gasteiger partial charge on any atom is 0.329 e. The normalized spacial score (nSPS) is 10.5. The zero-order valence-electron chi connectivity index (χ0n) is 13.9. The molecule has 26 heavy (non-hydrogen) atoms. The fourth-order valence-corrected chi connectivity index (χ4v) is 2.42. The number of anilines is 1. The number of halogens is 2. The summed E-state index contributed by atoms with van der Waals surface area (Å²) in [5.41, 5.74) is 2.84. The van der Waals surface area contributed by atoms with Crippen LogP contribution >= 0.6 is 23.2 Å². The summed E-state index contributed by atoms with van der Waals surface area (Å²) in [6.07, 6.45) is 1.25. The molecule has 2 amide bonds. The summed E-state index contributed by atoms with van der Waals surface area (Å²) in [7, 11) is 2.94. The molecule has 0 radical (unpaired) electrons. The van der Waals surface area contributed by atoms with Gasteiger partial charge in [-0.15, -0.1) is 0 Å². The number of benzene rings is 2. The number of hydrogen-bond acceptors (Lipinski definition) is 5. The number of nitrogens with zero attached hydrogens (tertiary/aromatic N) is 1. The van der Waals surface area contributed by atoms with E-state index in [9.17, 15) is 9.59 Å². The SMILES string of the molecule is COc1ccc(NC(=O)C(=O)NN=Cc2c(Cl)cccc2Cl)c(OC)c1. The van der Waals surface area contributed by atoms with E-state index >= 15 is 0 Å². The van der Waals surface area contributed by atoms with Crippen LogP contribution in [0.4, 0.5) is 5.69 Å². The minimum atomic E-state index is -0.970. The molecular weight excluding hydrogens is 381 g/mol. The van der Waals surface area contributed by atoms with E-state index in [0.29, 0.717) is 32.8 Å². The van der Waals surface area contributed by atoms with E-state index in [4.69, 9.17) is 32.7 Å². The lowest BCUT2D eigenvalue weighted by atomic mass is 10.2. The molecule has 2 aromatic carbocycles. The third kappa shape index (κ3) is 4.87. The van der Waals surface area contributed by atoms with Gasteiger partial charge in [0, 0.05) is 11.6 Å². The molecule has 0 fully saturated rings. The zero-order chi connectivity index (χ0) is 19.1. The molecule has 0 saturated heterocycles. The highest BCUT2D eigenvalue weighted by atomic mass is 35.5. The van der Waals surface area contributed by atoms with E-state index in [1.807, 2.05) is 0 Å². The standard InChI is InChI=1S/C17H15Cl2N3O4/c1-25-10-6-7-14(15(8-10)26-2)21-16(23)17(24)22-20-9-11-12(18)4-3-5-13(11)19/h3-9H,1-2H3,(H,21,23)(H,22,24). The first-order valence-electron chi connectivity index (χ1n) is 7.26. The molecule has 0 saturated carbocycles. The van der Waals surface area contributed by atoms with Gasteiger partial charge in [0.2, 0.25) is 0 Å². The van der Waals surface area contributed by atoms with Crippen LogP contribution in [0.5, 0.6) is 11.5 Å². The topological polar surface area (TPSA) is 89.0 Å². The molecule has 7 nitrogen and oxygen atoms in total. The molecule has 136 valence electrons. The smallest absolute Gasteiger partial charge is 0.329 e. The van der Waals surface area contributed by atoms with E-state index in [0.717, 1.165) is 0 Å². The second kappa shape index (κ2) is 9.07. The van der Waals surface area contributed by atoms with E-state index in [-0.39, 0.29) is 0 Å². The average molecular weight is 396 g/mol. The molecule has 2 N–H and O–H groups in total. The Hall–Kier alpha value is -2.77. The minimum absolute atomic E-state index is 0.312. The van der Waals surface area contributed by atoms with Crippen LogP contribution in [0.25, 0.3) is 0 Å². The Kier molecular flexibility index (Phi) is 6.82. The van der Waals surface area contributed by atoms with Crippen molar-refractivity contribution in [2.24, 2.45) is 5.10 Å². The molecule has 0 bridgehead atoms. The van der Waals surface area contributed by atoms with Crippen LogP contribution in [-0.2, 0) is 9.59 Å². The first-order valence-corrected chi connectivity index (χ1v) is 8.02. The highest BCUT2D eigenvalue weighted by Gasteiger charge is 2.16. The van der Waals surface area contributed by atoms with Crippen LogP contribution in [-0.4, -0.2) is 32.2 Å². The predicted octanol–water partition coefficient (Wildman–Crippen LogP) is 3.10. The first-order chi connectivity index (χ1) is 12.5. The summed E-state index contributed by atoms with van der Waals surface area (Å²) in [6.45, 7) is 0. The van der Waals surface area contributed by atoms with Gasteiger partial charge in [0.25, 0.3) is 0 Å². The quantitative estimate of drug-likeness (QED) is 0.462. The average Bonchev–Trinajstić information content (AvgIpc) is 2.64. The molecule has 2 rings (SSSR count). The Bertz CT molecular complexity index is 836. The molecule has 9 heteroatoms. The van der Waals surface area contributed by atoms with E-state index < -0.39 is 11.8 Å². The van der Waals surface area contributed by atoms with Gasteiger partial charge in [-0.2, -0.15) is 5.10 Å². The van der Waals surface area contributed by atoms with Crippen molar-refractivity contribution in [2.45, 2.75) is 0 Å². The van der Waals surface area contributed by atoms with Gasteiger partial charge in [-0.1, -0.05) is 29.3 Å². The summed E-state index contributed by atoms with van der Waals surface area (Å²) >= 11 is 12.0. The van der Waals surface area contributed by atoms with Crippen LogP contribution in [0.2, 0.25) is 10.0 Å². The second-order valence-electron chi connectivity index (χ2n) is 4.85. The number of nitrogens with one attached hydrogen (secondary N) is 2. The second-order valence-corrected chi connectivity index (χ2v) is 5.67. The third-order valence-corrected chi connectivity index (χ3v) is 3.88. The molecule has 0 aromatic heterocycles. The molecular formula is C17H15Cl2N3O4. The highest BCUT2D eigenvalue weighted by molar-refractivity contribution is 6.40. The van der Waals surface area contributed by atoms with Crippen molar-refractivity contribution in [2.75, 3.05) is 19.5 Å². The Labute approximate surface area is 159 Å². The van der Waals surface area contributed by atoms with Crippen molar-refractivity contribution in [1.82, 2.24) is 5.43 Å². The lowest BCUT2D eigenvalue weighted by Gasteiger charge is -2.10. The molecule has 0 atom stereocenters. The van der Waals surface area contributed by atoms with Crippen LogP contribution in [0, 0.1) is 0 Å². The lowest BCUT2D eigenvalue weighted by Crippen LogP contribution is -2.32. The van der Waals surface area contributed by atoms with Crippen LogP contribution in [0.1, 0.15) is 5.56 Å². The number of hydrazone groups is 1. The summed E-state index contributed by atoms with van der Waals surface area (Å²) in [5.74, 6) is -1.000. The molecule has 0 heterocycles. The summed E-state index contributed by atoms with van der Waals surface area (Å²) in [6, 6.07) is 9.67. The number of carbonyl (C=O) groups is 2. The fourth-order valence-electron chi connectivity index (χ4n) is 1.92. The van der Waals surface area contributed by atoms with Gasteiger partial charge in [0.15, 0.2) is 0 Å². The van der Waals surface area contributed by atoms with Gasteiger partial charge in [-0.3, -0.25) is 9.59 Å². The predicted molar refractivity (Wildman–Crippen MR) is 100 cm³/mol. The largest absolute Gasteiger partial charge is 0.497 e. The first kappa shape index (κ1) is 19.6.